The first-order chi connectivity index (χ1) is 11.2. The van der Waals surface area contributed by atoms with E-state index in [2.05, 4.69) is 10.3 Å². The second-order valence-corrected chi connectivity index (χ2v) is 5.20. The van der Waals surface area contributed by atoms with Crippen LogP contribution in [0, 0.1) is 0 Å². The van der Waals surface area contributed by atoms with Gasteiger partial charge in [-0.15, -0.1) is 0 Å². The molecule has 0 bridgehead atoms. The average Bonchev–Trinajstić information content (AvgIpc) is 3.24. The van der Waals surface area contributed by atoms with Crippen molar-refractivity contribution in [2.45, 2.75) is 25.7 Å². The fraction of sp³-hybridized carbons (Fsp3) is 0.375. The summed E-state index contributed by atoms with van der Waals surface area (Å²) in [4.78, 5) is 16.2. The number of aliphatic hydroxyl groups excluding tert-OH is 1. The van der Waals surface area contributed by atoms with E-state index in [1.807, 2.05) is 0 Å². The highest BCUT2D eigenvalue weighted by Crippen LogP contribution is 2.15. The molecule has 0 radical (unpaired) electrons. The third-order valence-corrected chi connectivity index (χ3v) is 3.47. The number of carbonyl (C=O) groups excluding carboxylic acids is 1. The minimum Gasteiger partial charge on any atom is -0.472 e. The molecule has 7 heteroatoms. The Bertz CT molecular complexity index is 647. The normalized spacial score (nSPS) is 17.2. The van der Waals surface area contributed by atoms with Crippen molar-refractivity contribution in [3.63, 3.8) is 0 Å². The molecule has 0 aromatic carbocycles. The smallest absolute Gasteiger partial charge is 0.253 e. The molecule has 1 aliphatic heterocycles. The summed E-state index contributed by atoms with van der Waals surface area (Å²) in [7, 11) is 0. The van der Waals surface area contributed by atoms with Gasteiger partial charge in [0.1, 0.15) is 24.2 Å². The van der Waals surface area contributed by atoms with Crippen LogP contribution in [0.5, 0.6) is 5.88 Å². The summed E-state index contributed by atoms with van der Waals surface area (Å²) in [5.74, 6) is 1.27. The van der Waals surface area contributed by atoms with E-state index in [1.54, 1.807) is 24.3 Å². The Labute approximate surface area is 133 Å². The summed E-state index contributed by atoms with van der Waals surface area (Å²) in [6, 6.07) is 6.71. The first kappa shape index (κ1) is 15.5. The zero-order valence-corrected chi connectivity index (χ0v) is 12.5. The number of aliphatic hydroxyl groups is 1. The standard InChI is InChI=1S/C16H18N2O5/c19-9-13-3-2-12(22-13)8-18-16(20)11-1-4-15(17-7-11)23-14-5-6-21-10-14/h1-4,7,14,19H,5-6,8-10H2,(H,18,20). The molecule has 23 heavy (non-hydrogen) atoms. The van der Waals surface area contributed by atoms with Gasteiger partial charge in [-0.3, -0.25) is 4.79 Å². The SMILES string of the molecule is O=C(NCc1ccc(CO)o1)c1ccc(OC2CCOC2)nc1. The minimum absolute atomic E-state index is 0.0295. The van der Waals surface area contributed by atoms with Crippen molar-refractivity contribution in [3.8, 4) is 5.88 Å². The molecule has 3 heterocycles. The molecule has 122 valence electrons. The lowest BCUT2D eigenvalue weighted by molar-refractivity contribution is 0.0947. The van der Waals surface area contributed by atoms with Crippen molar-refractivity contribution in [3.05, 3.63) is 47.5 Å². The van der Waals surface area contributed by atoms with Crippen LogP contribution in [0.4, 0.5) is 0 Å². The Morgan fingerprint density at radius 1 is 1.35 bits per heavy atom. The third-order valence-electron chi connectivity index (χ3n) is 3.47. The molecule has 0 spiro atoms. The van der Waals surface area contributed by atoms with Gasteiger partial charge < -0.3 is 24.3 Å². The summed E-state index contributed by atoms with van der Waals surface area (Å²) in [5, 5.41) is 11.7. The molecule has 0 aliphatic carbocycles. The van der Waals surface area contributed by atoms with Crippen LogP contribution in [0.25, 0.3) is 0 Å². The lowest BCUT2D eigenvalue weighted by atomic mass is 10.2. The Morgan fingerprint density at radius 2 is 2.22 bits per heavy atom. The van der Waals surface area contributed by atoms with E-state index in [1.165, 1.54) is 6.20 Å². The molecule has 2 aromatic heterocycles. The summed E-state index contributed by atoms with van der Waals surface area (Å²) in [6.07, 6.45) is 2.35. The predicted molar refractivity (Wildman–Crippen MR) is 79.9 cm³/mol. The monoisotopic (exact) mass is 318 g/mol. The Morgan fingerprint density at radius 3 is 2.87 bits per heavy atom. The van der Waals surface area contributed by atoms with E-state index in [-0.39, 0.29) is 25.2 Å². The summed E-state index contributed by atoms with van der Waals surface area (Å²) < 4.78 is 16.2. The van der Waals surface area contributed by atoms with E-state index in [0.717, 1.165) is 6.42 Å². The van der Waals surface area contributed by atoms with Gasteiger partial charge in [0.15, 0.2) is 0 Å². The third kappa shape index (κ3) is 4.08. The maximum absolute atomic E-state index is 12.0. The van der Waals surface area contributed by atoms with Gasteiger partial charge in [0.25, 0.3) is 5.91 Å². The maximum Gasteiger partial charge on any atom is 0.253 e. The van der Waals surface area contributed by atoms with Crippen molar-refractivity contribution >= 4 is 5.91 Å². The summed E-state index contributed by atoms with van der Waals surface area (Å²) in [5.41, 5.74) is 0.439. The number of ether oxygens (including phenoxy) is 2. The van der Waals surface area contributed by atoms with E-state index in [0.29, 0.717) is 36.2 Å². The molecule has 1 unspecified atom stereocenters. The molecule has 1 saturated heterocycles. The van der Waals surface area contributed by atoms with Crippen LogP contribution >= 0.6 is 0 Å². The molecule has 1 fully saturated rings. The lowest BCUT2D eigenvalue weighted by Gasteiger charge is -2.10. The number of hydrogen-bond donors (Lipinski definition) is 2. The zero-order valence-electron chi connectivity index (χ0n) is 12.5. The van der Waals surface area contributed by atoms with E-state index >= 15 is 0 Å². The van der Waals surface area contributed by atoms with Gasteiger partial charge in [0, 0.05) is 18.7 Å². The quantitative estimate of drug-likeness (QED) is 0.833. The number of pyridine rings is 1. The first-order valence-corrected chi connectivity index (χ1v) is 7.41. The molecule has 7 nitrogen and oxygen atoms in total. The zero-order chi connectivity index (χ0) is 16.1. The fourth-order valence-electron chi connectivity index (χ4n) is 2.23. The van der Waals surface area contributed by atoms with Gasteiger partial charge in [0.2, 0.25) is 5.88 Å². The molecular formula is C16H18N2O5. The number of hydrogen-bond acceptors (Lipinski definition) is 6. The summed E-state index contributed by atoms with van der Waals surface area (Å²) in [6.45, 7) is 1.36. The van der Waals surface area contributed by atoms with Crippen molar-refractivity contribution in [1.29, 1.82) is 0 Å². The molecule has 1 amide bonds. The van der Waals surface area contributed by atoms with E-state index in [9.17, 15) is 4.79 Å². The molecule has 3 rings (SSSR count). The molecule has 2 aromatic rings. The van der Waals surface area contributed by atoms with Crippen LogP contribution in [-0.2, 0) is 17.9 Å². The molecule has 1 atom stereocenters. The van der Waals surface area contributed by atoms with Gasteiger partial charge in [0.05, 0.1) is 25.3 Å². The molecule has 1 aliphatic rings. The number of furan rings is 1. The average molecular weight is 318 g/mol. The van der Waals surface area contributed by atoms with Crippen molar-refractivity contribution in [1.82, 2.24) is 10.3 Å². The van der Waals surface area contributed by atoms with E-state index in [4.69, 9.17) is 19.0 Å². The topological polar surface area (TPSA) is 93.8 Å². The highest BCUT2D eigenvalue weighted by molar-refractivity contribution is 5.93. The van der Waals surface area contributed by atoms with Crippen LogP contribution in [0.1, 0.15) is 28.3 Å². The number of nitrogens with one attached hydrogen (secondary N) is 1. The van der Waals surface area contributed by atoms with Crippen molar-refractivity contribution in [2.24, 2.45) is 0 Å². The molecular weight excluding hydrogens is 300 g/mol. The number of nitrogens with zero attached hydrogens (tertiary/aromatic N) is 1. The van der Waals surface area contributed by atoms with Crippen LogP contribution in [-0.4, -0.2) is 35.3 Å². The lowest BCUT2D eigenvalue weighted by Crippen LogP contribution is -2.23. The number of carbonyl (C=O) groups is 1. The van der Waals surface area contributed by atoms with Crippen LogP contribution in [0.15, 0.2) is 34.9 Å². The van der Waals surface area contributed by atoms with Crippen LogP contribution < -0.4 is 10.1 Å². The molecule has 0 saturated carbocycles. The highest BCUT2D eigenvalue weighted by Gasteiger charge is 2.17. The fourth-order valence-corrected chi connectivity index (χ4v) is 2.23. The largest absolute Gasteiger partial charge is 0.472 e. The number of rotatable bonds is 6. The Balaban J connectivity index is 1.52. The van der Waals surface area contributed by atoms with Gasteiger partial charge in [-0.2, -0.15) is 0 Å². The van der Waals surface area contributed by atoms with Gasteiger partial charge >= 0.3 is 0 Å². The van der Waals surface area contributed by atoms with Crippen molar-refractivity contribution < 1.29 is 23.8 Å². The Hall–Kier alpha value is -2.38. The predicted octanol–water partition coefficient (Wildman–Crippen LogP) is 1.26. The first-order valence-electron chi connectivity index (χ1n) is 7.41. The van der Waals surface area contributed by atoms with Gasteiger partial charge in [-0.25, -0.2) is 4.98 Å². The Kier molecular flexibility index (Phi) is 4.89. The molecule has 2 N–H and O–H groups in total. The number of amides is 1. The minimum atomic E-state index is -0.254. The van der Waals surface area contributed by atoms with Gasteiger partial charge in [-0.05, 0) is 18.2 Å². The second kappa shape index (κ2) is 7.26. The second-order valence-electron chi connectivity index (χ2n) is 5.20. The van der Waals surface area contributed by atoms with Crippen LogP contribution in [0.2, 0.25) is 0 Å². The van der Waals surface area contributed by atoms with Crippen LogP contribution in [0.3, 0.4) is 0 Å². The summed E-state index contributed by atoms with van der Waals surface area (Å²) >= 11 is 0. The number of aromatic nitrogens is 1. The van der Waals surface area contributed by atoms with E-state index < -0.39 is 0 Å². The highest BCUT2D eigenvalue weighted by atomic mass is 16.5. The van der Waals surface area contributed by atoms with Crippen molar-refractivity contribution in [2.75, 3.05) is 13.2 Å². The maximum atomic E-state index is 12.0. The van der Waals surface area contributed by atoms with Gasteiger partial charge in [-0.1, -0.05) is 0 Å².